The predicted octanol–water partition coefficient (Wildman–Crippen LogP) is 5.08. The highest BCUT2D eigenvalue weighted by molar-refractivity contribution is 7.99. The molecule has 0 aliphatic heterocycles. The first-order valence-corrected chi connectivity index (χ1v) is 12.5. The summed E-state index contributed by atoms with van der Waals surface area (Å²) in [6.07, 6.45) is 0.474. The number of benzene rings is 3. The van der Waals surface area contributed by atoms with Gasteiger partial charge in [0.05, 0.1) is 5.75 Å². The van der Waals surface area contributed by atoms with Crippen molar-refractivity contribution in [3.8, 4) is 0 Å². The highest BCUT2D eigenvalue weighted by Gasteiger charge is 2.30. The molecule has 0 radical (unpaired) electrons. The maximum atomic E-state index is 13.5. The third kappa shape index (κ3) is 8.10. The molecule has 0 aliphatic carbocycles. The molecule has 172 valence electrons. The normalized spacial score (nSPS) is 11.7. The minimum Gasteiger partial charge on any atom is -0.352 e. The summed E-state index contributed by atoms with van der Waals surface area (Å²) in [4.78, 5) is 28.5. The molecule has 33 heavy (non-hydrogen) atoms. The fraction of sp³-hybridized carbons (Fsp3) is 0.286. The number of rotatable bonds is 11. The molecule has 0 bridgehead atoms. The van der Waals surface area contributed by atoms with Crippen molar-refractivity contribution in [3.63, 3.8) is 0 Å². The first-order chi connectivity index (χ1) is 16.0. The summed E-state index contributed by atoms with van der Waals surface area (Å²) in [5.74, 6) is 0.931. The lowest BCUT2D eigenvalue weighted by molar-refractivity contribution is -0.139. The number of nitrogens with one attached hydrogen (secondary N) is 1. The van der Waals surface area contributed by atoms with Crippen LogP contribution in [0, 0.1) is 0 Å². The van der Waals surface area contributed by atoms with Crippen LogP contribution in [0.1, 0.15) is 30.5 Å². The van der Waals surface area contributed by atoms with Gasteiger partial charge in [-0.3, -0.25) is 9.59 Å². The standard InChI is InChI=1S/C28H32N2O2S/c1-22(2)29-28(32)26(18-23-12-6-3-7-13-23)30(19-24-14-8-4-9-15-24)27(31)21-33-20-25-16-10-5-11-17-25/h3-17,22,26H,18-21H2,1-2H3,(H,29,32)/t26-/m0/s1. The smallest absolute Gasteiger partial charge is 0.243 e. The Morgan fingerprint density at radius 1 is 0.788 bits per heavy atom. The van der Waals surface area contributed by atoms with Crippen molar-refractivity contribution in [3.05, 3.63) is 108 Å². The molecule has 0 aromatic heterocycles. The van der Waals surface area contributed by atoms with Gasteiger partial charge in [0.25, 0.3) is 0 Å². The fourth-order valence-electron chi connectivity index (χ4n) is 3.63. The van der Waals surface area contributed by atoms with Gasteiger partial charge in [-0.25, -0.2) is 0 Å². The van der Waals surface area contributed by atoms with E-state index in [2.05, 4.69) is 17.4 Å². The maximum absolute atomic E-state index is 13.5. The van der Waals surface area contributed by atoms with E-state index >= 15 is 0 Å². The Morgan fingerprint density at radius 2 is 1.30 bits per heavy atom. The van der Waals surface area contributed by atoms with Crippen LogP contribution in [0.5, 0.6) is 0 Å². The van der Waals surface area contributed by atoms with Crippen molar-refractivity contribution in [2.24, 2.45) is 0 Å². The summed E-state index contributed by atoms with van der Waals surface area (Å²) in [5, 5.41) is 3.03. The van der Waals surface area contributed by atoms with E-state index in [-0.39, 0.29) is 17.9 Å². The van der Waals surface area contributed by atoms with Gasteiger partial charge in [0, 0.05) is 24.8 Å². The van der Waals surface area contributed by atoms with Crippen molar-refractivity contribution in [2.45, 2.75) is 44.6 Å². The lowest BCUT2D eigenvalue weighted by Gasteiger charge is -2.32. The molecule has 0 heterocycles. The summed E-state index contributed by atoms with van der Waals surface area (Å²) >= 11 is 1.58. The SMILES string of the molecule is CC(C)NC(=O)[C@H](Cc1ccccc1)N(Cc1ccccc1)C(=O)CSCc1ccccc1. The molecule has 4 nitrogen and oxygen atoms in total. The largest absolute Gasteiger partial charge is 0.352 e. The van der Waals surface area contributed by atoms with Gasteiger partial charge >= 0.3 is 0 Å². The first kappa shape index (κ1) is 24.6. The molecule has 0 unspecified atom stereocenters. The number of hydrogen-bond donors (Lipinski definition) is 1. The van der Waals surface area contributed by atoms with Crippen molar-refractivity contribution >= 4 is 23.6 Å². The second kappa shape index (κ2) is 12.9. The molecule has 0 spiro atoms. The predicted molar refractivity (Wildman–Crippen MR) is 137 cm³/mol. The van der Waals surface area contributed by atoms with Crippen LogP contribution in [0.2, 0.25) is 0 Å². The van der Waals surface area contributed by atoms with Gasteiger partial charge in [-0.05, 0) is 30.5 Å². The average Bonchev–Trinajstić information content (AvgIpc) is 2.83. The van der Waals surface area contributed by atoms with E-state index in [9.17, 15) is 9.59 Å². The third-order valence-electron chi connectivity index (χ3n) is 5.23. The van der Waals surface area contributed by atoms with Gasteiger partial charge in [-0.15, -0.1) is 11.8 Å². The lowest BCUT2D eigenvalue weighted by atomic mass is 10.0. The number of hydrogen-bond acceptors (Lipinski definition) is 3. The van der Waals surface area contributed by atoms with Crippen LogP contribution in [-0.2, 0) is 28.3 Å². The minimum atomic E-state index is -0.583. The molecule has 1 atom stereocenters. The van der Waals surface area contributed by atoms with Crippen molar-refractivity contribution in [2.75, 3.05) is 5.75 Å². The van der Waals surface area contributed by atoms with E-state index in [0.29, 0.717) is 18.7 Å². The van der Waals surface area contributed by atoms with Gasteiger partial charge in [0.1, 0.15) is 6.04 Å². The molecule has 3 aromatic carbocycles. The zero-order valence-corrected chi connectivity index (χ0v) is 20.1. The van der Waals surface area contributed by atoms with Crippen molar-refractivity contribution in [1.29, 1.82) is 0 Å². The molecule has 0 aliphatic rings. The Bertz CT molecular complexity index is 994. The Kier molecular flexibility index (Phi) is 9.58. The molecule has 3 aromatic rings. The highest BCUT2D eigenvalue weighted by Crippen LogP contribution is 2.18. The lowest BCUT2D eigenvalue weighted by Crippen LogP contribution is -2.52. The van der Waals surface area contributed by atoms with Gasteiger partial charge < -0.3 is 10.2 Å². The maximum Gasteiger partial charge on any atom is 0.243 e. The molecule has 3 rings (SSSR count). The summed E-state index contributed by atoms with van der Waals surface area (Å²) in [6, 6.07) is 29.3. The minimum absolute atomic E-state index is 0.00286. The van der Waals surface area contributed by atoms with Crippen LogP contribution < -0.4 is 5.32 Å². The molecular formula is C28H32N2O2S. The number of nitrogens with zero attached hydrogens (tertiary/aromatic N) is 1. The van der Waals surface area contributed by atoms with Gasteiger partial charge in [-0.2, -0.15) is 0 Å². The van der Waals surface area contributed by atoms with E-state index in [1.54, 1.807) is 16.7 Å². The second-order valence-corrected chi connectivity index (χ2v) is 9.34. The summed E-state index contributed by atoms with van der Waals surface area (Å²) in [7, 11) is 0. The van der Waals surface area contributed by atoms with Gasteiger partial charge in [0.15, 0.2) is 0 Å². The molecule has 0 saturated heterocycles. The summed E-state index contributed by atoms with van der Waals surface area (Å²) in [5.41, 5.74) is 3.22. The number of thioether (sulfide) groups is 1. The van der Waals surface area contributed by atoms with E-state index in [0.717, 1.165) is 16.9 Å². The topological polar surface area (TPSA) is 49.4 Å². The Balaban J connectivity index is 1.82. The van der Waals surface area contributed by atoms with Crippen LogP contribution in [-0.4, -0.2) is 34.6 Å². The van der Waals surface area contributed by atoms with E-state index < -0.39 is 6.04 Å². The molecule has 2 amide bonds. The van der Waals surface area contributed by atoms with E-state index in [4.69, 9.17) is 0 Å². The quantitative estimate of drug-likeness (QED) is 0.434. The Morgan fingerprint density at radius 3 is 1.85 bits per heavy atom. The molecule has 5 heteroatoms. The number of carbonyl (C=O) groups excluding carboxylic acids is 2. The summed E-state index contributed by atoms with van der Waals surface area (Å²) in [6.45, 7) is 4.28. The number of amides is 2. The van der Waals surface area contributed by atoms with Crippen LogP contribution >= 0.6 is 11.8 Å². The van der Waals surface area contributed by atoms with E-state index in [1.165, 1.54) is 5.56 Å². The molecule has 0 saturated carbocycles. The molecule has 1 N–H and O–H groups in total. The first-order valence-electron chi connectivity index (χ1n) is 11.3. The zero-order chi connectivity index (χ0) is 23.5. The Labute approximate surface area is 201 Å². The Hall–Kier alpha value is -3.05. The van der Waals surface area contributed by atoms with Crippen molar-refractivity contribution in [1.82, 2.24) is 10.2 Å². The summed E-state index contributed by atoms with van der Waals surface area (Å²) < 4.78 is 0. The monoisotopic (exact) mass is 460 g/mol. The van der Waals surface area contributed by atoms with E-state index in [1.807, 2.05) is 92.7 Å². The van der Waals surface area contributed by atoms with Gasteiger partial charge in [-0.1, -0.05) is 91.0 Å². The van der Waals surface area contributed by atoms with Crippen LogP contribution in [0.15, 0.2) is 91.0 Å². The van der Waals surface area contributed by atoms with Crippen LogP contribution in [0.4, 0.5) is 0 Å². The van der Waals surface area contributed by atoms with Crippen LogP contribution in [0.3, 0.4) is 0 Å². The van der Waals surface area contributed by atoms with Crippen molar-refractivity contribution < 1.29 is 9.59 Å². The van der Waals surface area contributed by atoms with Crippen LogP contribution in [0.25, 0.3) is 0 Å². The zero-order valence-electron chi connectivity index (χ0n) is 19.3. The highest BCUT2D eigenvalue weighted by atomic mass is 32.2. The molecule has 0 fully saturated rings. The third-order valence-corrected chi connectivity index (χ3v) is 6.22. The fourth-order valence-corrected chi connectivity index (χ4v) is 4.50. The average molecular weight is 461 g/mol. The second-order valence-electron chi connectivity index (χ2n) is 8.35. The van der Waals surface area contributed by atoms with Gasteiger partial charge in [0.2, 0.25) is 11.8 Å². The number of carbonyl (C=O) groups is 2. The molecular weight excluding hydrogens is 428 g/mol.